The quantitative estimate of drug-likeness (QED) is 0.763. The van der Waals surface area contributed by atoms with Gasteiger partial charge in [0.2, 0.25) is 5.91 Å². The van der Waals surface area contributed by atoms with E-state index in [1.807, 2.05) is 31.1 Å². The maximum atomic E-state index is 11.9. The molecule has 0 aliphatic rings. The predicted octanol–water partition coefficient (Wildman–Crippen LogP) is 2.68. The van der Waals surface area contributed by atoms with Crippen LogP contribution in [0.25, 0.3) is 0 Å². The molecule has 0 spiro atoms. The summed E-state index contributed by atoms with van der Waals surface area (Å²) in [7, 11) is 0. The minimum atomic E-state index is 0.132. The second-order valence-electron chi connectivity index (χ2n) is 3.82. The van der Waals surface area contributed by atoms with E-state index in [0.717, 1.165) is 17.2 Å². The number of aromatic nitrogens is 1. The number of halogens is 1. The fourth-order valence-corrected chi connectivity index (χ4v) is 2.57. The van der Waals surface area contributed by atoms with Crippen LogP contribution in [0.15, 0.2) is 5.38 Å². The Morgan fingerprint density at radius 1 is 1.62 bits per heavy atom. The van der Waals surface area contributed by atoms with Crippen LogP contribution in [0.2, 0.25) is 0 Å². The van der Waals surface area contributed by atoms with E-state index in [9.17, 15) is 4.79 Å². The average Bonchev–Trinajstić information content (AvgIpc) is 2.65. The van der Waals surface area contributed by atoms with Crippen molar-refractivity contribution in [1.29, 1.82) is 0 Å². The Morgan fingerprint density at radius 2 is 2.31 bits per heavy atom. The molecule has 16 heavy (non-hydrogen) atoms. The van der Waals surface area contributed by atoms with Crippen LogP contribution >= 0.6 is 22.9 Å². The van der Waals surface area contributed by atoms with Gasteiger partial charge in [0.1, 0.15) is 5.01 Å². The van der Waals surface area contributed by atoms with Gasteiger partial charge in [-0.2, -0.15) is 0 Å². The fourth-order valence-electron chi connectivity index (χ4n) is 1.55. The lowest BCUT2D eigenvalue weighted by molar-refractivity contribution is -0.131. The Balaban J connectivity index is 2.62. The summed E-state index contributed by atoms with van der Waals surface area (Å²) in [6.45, 7) is 6.77. The van der Waals surface area contributed by atoms with Crippen molar-refractivity contribution < 1.29 is 4.79 Å². The van der Waals surface area contributed by atoms with E-state index in [1.165, 1.54) is 11.3 Å². The summed E-state index contributed by atoms with van der Waals surface area (Å²) < 4.78 is 0. The van der Waals surface area contributed by atoms with Crippen molar-refractivity contribution in [2.24, 2.45) is 0 Å². The maximum absolute atomic E-state index is 11.9. The molecule has 0 bridgehead atoms. The maximum Gasteiger partial charge on any atom is 0.229 e. The highest BCUT2D eigenvalue weighted by atomic mass is 35.5. The zero-order valence-electron chi connectivity index (χ0n) is 9.86. The third-order valence-electron chi connectivity index (χ3n) is 2.32. The van der Waals surface area contributed by atoms with Gasteiger partial charge in [0.15, 0.2) is 0 Å². The lowest BCUT2D eigenvalue weighted by Crippen LogP contribution is -2.37. The molecule has 1 heterocycles. The van der Waals surface area contributed by atoms with Gasteiger partial charge in [0.25, 0.3) is 0 Å². The van der Waals surface area contributed by atoms with Crippen LogP contribution in [0.1, 0.15) is 31.5 Å². The molecule has 0 aromatic carbocycles. The summed E-state index contributed by atoms with van der Waals surface area (Å²) in [4.78, 5) is 18.1. The van der Waals surface area contributed by atoms with Crippen molar-refractivity contribution in [3.8, 4) is 0 Å². The molecule has 0 N–H and O–H groups in total. The smallest absolute Gasteiger partial charge is 0.229 e. The van der Waals surface area contributed by atoms with Crippen LogP contribution in [0.4, 0.5) is 0 Å². The van der Waals surface area contributed by atoms with Crippen molar-refractivity contribution >= 4 is 28.8 Å². The molecule has 0 aliphatic heterocycles. The predicted molar refractivity (Wildman–Crippen MR) is 67.9 cm³/mol. The van der Waals surface area contributed by atoms with Crippen molar-refractivity contribution in [3.63, 3.8) is 0 Å². The highest BCUT2D eigenvalue weighted by Crippen LogP contribution is 2.13. The number of thiazole rings is 1. The van der Waals surface area contributed by atoms with E-state index in [2.05, 4.69) is 4.98 Å². The molecule has 0 aliphatic carbocycles. The Bertz CT molecular complexity index is 352. The van der Waals surface area contributed by atoms with Crippen molar-refractivity contribution in [2.75, 3.05) is 6.54 Å². The number of alkyl halides is 1. The van der Waals surface area contributed by atoms with Crippen LogP contribution in [-0.4, -0.2) is 28.4 Å². The Kier molecular flexibility index (Phi) is 5.22. The first kappa shape index (κ1) is 13.5. The molecule has 1 aromatic rings. The second-order valence-corrected chi connectivity index (χ2v) is 5.03. The van der Waals surface area contributed by atoms with Gasteiger partial charge in [0.05, 0.1) is 18.0 Å². The van der Waals surface area contributed by atoms with Gasteiger partial charge in [0, 0.05) is 18.0 Å². The number of likely N-dealkylation sites (N-methyl/N-ethyl adjacent to an activating group) is 1. The van der Waals surface area contributed by atoms with E-state index >= 15 is 0 Å². The SMILES string of the molecule is CCN(C(=O)Cc1nc(CCl)cs1)C(C)C. The van der Waals surface area contributed by atoms with Gasteiger partial charge < -0.3 is 4.90 Å². The molecule has 90 valence electrons. The summed E-state index contributed by atoms with van der Waals surface area (Å²) in [6.07, 6.45) is 0.383. The minimum Gasteiger partial charge on any atom is -0.340 e. The molecule has 3 nitrogen and oxygen atoms in total. The average molecular weight is 261 g/mol. The highest BCUT2D eigenvalue weighted by molar-refractivity contribution is 7.09. The normalized spacial score (nSPS) is 10.8. The monoisotopic (exact) mass is 260 g/mol. The van der Waals surface area contributed by atoms with Crippen LogP contribution in [-0.2, 0) is 17.1 Å². The number of carbonyl (C=O) groups excluding carboxylic acids is 1. The summed E-state index contributed by atoms with van der Waals surface area (Å²) in [5.41, 5.74) is 0.849. The lowest BCUT2D eigenvalue weighted by Gasteiger charge is -2.24. The Morgan fingerprint density at radius 3 is 2.75 bits per heavy atom. The Labute approximate surface area is 105 Å². The largest absolute Gasteiger partial charge is 0.340 e. The summed E-state index contributed by atoms with van der Waals surface area (Å²) in [5, 5.41) is 2.75. The van der Waals surface area contributed by atoms with Gasteiger partial charge in [-0.05, 0) is 20.8 Å². The van der Waals surface area contributed by atoms with E-state index in [0.29, 0.717) is 12.3 Å². The van der Waals surface area contributed by atoms with Crippen LogP contribution in [0.5, 0.6) is 0 Å². The first-order chi connectivity index (χ1) is 7.58. The number of hydrogen-bond donors (Lipinski definition) is 0. The summed E-state index contributed by atoms with van der Waals surface area (Å²) in [5.74, 6) is 0.541. The molecule has 0 unspecified atom stereocenters. The first-order valence-electron chi connectivity index (χ1n) is 5.37. The highest BCUT2D eigenvalue weighted by Gasteiger charge is 2.16. The van der Waals surface area contributed by atoms with Gasteiger partial charge >= 0.3 is 0 Å². The third kappa shape index (κ3) is 3.46. The van der Waals surface area contributed by atoms with Gasteiger partial charge in [-0.1, -0.05) is 0 Å². The van der Waals surface area contributed by atoms with Crippen molar-refractivity contribution in [2.45, 2.75) is 39.1 Å². The van der Waals surface area contributed by atoms with Gasteiger partial charge in [-0.15, -0.1) is 22.9 Å². The van der Waals surface area contributed by atoms with Crippen molar-refractivity contribution in [1.82, 2.24) is 9.88 Å². The second kappa shape index (κ2) is 6.21. The molecule has 1 aromatic heterocycles. The molecule has 1 amide bonds. The number of hydrogen-bond acceptors (Lipinski definition) is 3. The van der Waals surface area contributed by atoms with Crippen LogP contribution in [0.3, 0.4) is 0 Å². The molecule has 0 radical (unpaired) electrons. The fraction of sp³-hybridized carbons (Fsp3) is 0.636. The lowest BCUT2D eigenvalue weighted by atomic mass is 10.3. The number of amides is 1. The summed E-state index contributed by atoms with van der Waals surface area (Å²) in [6, 6.07) is 0.241. The molecular weight excluding hydrogens is 244 g/mol. The standard InChI is InChI=1S/C11H17ClN2OS/c1-4-14(8(2)3)11(15)5-10-13-9(6-12)7-16-10/h7-8H,4-6H2,1-3H3. The third-order valence-corrected chi connectivity index (χ3v) is 3.49. The van der Waals surface area contributed by atoms with E-state index in [1.54, 1.807) is 0 Å². The first-order valence-corrected chi connectivity index (χ1v) is 6.78. The molecule has 5 heteroatoms. The molecule has 0 fully saturated rings. The topological polar surface area (TPSA) is 33.2 Å². The zero-order chi connectivity index (χ0) is 12.1. The number of carbonyl (C=O) groups is 1. The zero-order valence-corrected chi connectivity index (χ0v) is 11.4. The number of rotatable bonds is 5. The minimum absolute atomic E-state index is 0.132. The van der Waals surface area contributed by atoms with E-state index in [-0.39, 0.29) is 11.9 Å². The molecule has 0 atom stereocenters. The Hall–Kier alpha value is -0.610. The summed E-state index contributed by atoms with van der Waals surface area (Å²) >= 11 is 7.16. The van der Waals surface area contributed by atoms with Crippen molar-refractivity contribution in [3.05, 3.63) is 16.1 Å². The van der Waals surface area contributed by atoms with E-state index < -0.39 is 0 Å². The van der Waals surface area contributed by atoms with Crippen LogP contribution < -0.4 is 0 Å². The van der Waals surface area contributed by atoms with Gasteiger partial charge in [-0.25, -0.2) is 4.98 Å². The molecule has 0 saturated heterocycles. The molecular formula is C11H17ClN2OS. The molecule has 0 saturated carbocycles. The van der Waals surface area contributed by atoms with Crippen LogP contribution in [0, 0.1) is 0 Å². The molecule has 1 rings (SSSR count). The van der Waals surface area contributed by atoms with E-state index in [4.69, 9.17) is 11.6 Å². The van der Waals surface area contributed by atoms with Gasteiger partial charge in [-0.3, -0.25) is 4.79 Å². The number of nitrogens with zero attached hydrogens (tertiary/aromatic N) is 2.